The van der Waals surface area contributed by atoms with E-state index in [1.807, 2.05) is 42.1 Å². The zero-order valence-corrected chi connectivity index (χ0v) is 11.5. The normalized spacial score (nSPS) is 11.4. The van der Waals surface area contributed by atoms with E-state index < -0.39 is 10.1 Å². The largest absolute Gasteiger partial charge is 0.297 e. The maximum absolute atomic E-state index is 11.9. The first kappa shape index (κ1) is 13.7. The quantitative estimate of drug-likeness (QED) is 0.617. The molecule has 0 aliphatic rings. The molecule has 0 fully saturated rings. The summed E-state index contributed by atoms with van der Waals surface area (Å²) in [5.74, 6) is 0. The van der Waals surface area contributed by atoms with Crippen molar-refractivity contribution in [3.8, 4) is 0 Å². The zero-order valence-electron chi connectivity index (χ0n) is 10.7. The highest BCUT2D eigenvalue weighted by Gasteiger charge is 2.15. The van der Waals surface area contributed by atoms with Gasteiger partial charge in [0, 0.05) is 12.1 Å². The summed E-state index contributed by atoms with van der Waals surface area (Å²) < 4.78 is 30.7. The van der Waals surface area contributed by atoms with E-state index in [4.69, 9.17) is 4.18 Å². The lowest BCUT2D eigenvalue weighted by Gasteiger charge is -2.04. The highest BCUT2D eigenvalue weighted by Crippen LogP contribution is 2.12. The topological polar surface area (TPSA) is 47.3 Å². The fraction of sp³-hybridized carbons (Fsp3) is 0.214. The molecule has 0 amide bonds. The summed E-state index contributed by atoms with van der Waals surface area (Å²) in [6.07, 6.45) is 3.73. The second-order valence-electron chi connectivity index (χ2n) is 4.20. The molecule has 0 saturated heterocycles. The van der Waals surface area contributed by atoms with Gasteiger partial charge in [-0.3, -0.25) is 4.18 Å². The minimum atomic E-state index is -3.66. The predicted octanol–water partition coefficient (Wildman–Crippen LogP) is 1.69. The van der Waals surface area contributed by atoms with E-state index in [2.05, 4.69) is 0 Å². The van der Waals surface area contributed by atoms with Crippen LogP contribution in [0.2, 0.25) is 0 Å². The highest BCUT2D eigenvalue weighted by molar-refractivity contribution is 7.86. The Morgan fingerprint density at radius 2 is 1.68 bits per heavy atom. The number of rotatable bonds is 5. The van der Waals surface area contributed by atoms with Crippen molar-refractivity contribution in [2.45, 2.75) is 18.4 Å². The van der Waals surface area contributed by atoms with Gasteiger partial charge in [-0.2, -0.15) is 8.42 Å². The van der Waals surface area contributed by atoms with Crippen LogP contribution in [0.3, 0.4) is 0 Å². The van der Waals surface area contributed by atoms with Gasteiger partial charge in [-0.25, -0.2) is 4.57 Å². The lowest BCUT2D eigenvalue weighted by Crippen LogP contribution is -2.35. The molecule has 19 heavy (non-hydrogen) atoms. The van der Waals surface area contributed by atoms with E-state index in [0.29, 0.717) is 6.54 Å². The van der Waals surface area contributed by atoms with Crippen LogP contribution >= 0.6 is 0 Å². The number of aromatic nitrogens is 1. The second-order valence-corrected chi connectivity index (χ2v) is 5.82. The third-order valence-corrected chi connectivity index (χ3v) is 4.00. The molecule has 0 N–H and O–H groups in total. The molecule has 100 valence electrons. The molecule has 5 heteroatoms. The van der Waals surface area contributed by atoms with E-state index in [0.717, 1.165) is 5.56 Å². The molecule has 2 aromatic rings. The molecular formula is C14H16NO3S+. The minimum Gasteiger partial charge on any atom is -0.260 e. The molecular weight excluding hydrogens is 262 g/mol. The lowest BCUT2D eigenvalue weighted by molar-refractivity contribution is -0.697. The highest BCUT2D eigenvalue weighted by atomic mass is 32.2. The van der Waals surface area contributed by atoms with Crippen LogP contribution in [0, 0.1) is 6.92 Å². The third-order valence-electron chi connectivity index (χ3n) is 2.67. The Hall–Kier alpha value is -1.72. The number of pyridine rings is 1. The predicted molar refractivity (Wildman–Crippen MR) is 71.0 cm³/mol. The summed E-state index contributed by atoms with van der Waals surface area (Å²) in [5.41, 5.74) is 1.01. The summed E-state index contributed by atoms with van der Waals surface area (Å²) >= 11 is 0. The van der Waals surface area contributed by atoms with Crippen LogP contribution < -0.4 is 4.57 Å². The maximum atomic E-state index is 11.9. The van der Waals surface area contributed by atoms with Gasteiger partial charge < -0.3 is 0 Å². The summed E-state index contributed by atoms with van der Waals surface area (Å²) in [4.78, 5) is 0.191. The van der Waals surface area contributed by atoms with E-state index >= 15 is 0 Å². The second kappa shape index (κ2) is 5.95. The van der Waals surface area contributed by atoms with Crippen molar-refractivity contribution in [1.29, 1.82) is 0 Å². The molecule has 1 aromatic carbocycles. The molecule has 1 heterocycles. The Morgan fingerprint density at radius 3 is 2.32 bits per heavy atom. The molecule has 2 rings (SSSR count). The van der Waals surface area contributed by atoms with Crippen LogP contribution in [0.4, 0.5) is 0 Å². The van der Waals surface area contributed by atoms with Gasteiger partial charge in [0.25, 0.3) is 10.1 Å². The molecule has 0 aliphatic carbocycles. The Balaban J connectivity index is 1.97. The third kappa shape index (κ3) is 3.87. The van der Waals surface area contributed by atoms with Crippen molar-refractivity contribution in [3.05, 3.63) is 60.4 Å². The van der Waals surface area contributed by atoms with Gasteiger partial charge in [0.05, 0.1) is 4.90 Å². The fourth-order valence-corrected chi connectivity index (χ4v) is 2.51. The zero-order chi connectivity index (χ0) is 13.7. The summed E-state index contributed by atoms with van der Waals surface area (Å²) in [6, 6.07) is 12.3. The molecule has 0 radical (unpaired) electrons. The SMILES string of the molecule is Cc1ccc(S(=O)(=O)OCC[n+]2ccccc2)cc1. The van der Waals surface area contributed by atoms with Crippen LogP contribution in [0.25, 0.3) is 0 Å². The summed E-state index contributed by atoms with van der Waals surface area (Å²) in [7, 11) is -3.66. The monoisotopic (exact) mass is 278 g/mol. The maximum Gasteiger partial charge on any atom is 0.297 e. The van der Waals surface area contributed by atoms with Crippen molar-refractivity contribution in [2.75, 3.05) is 6.61 Å². The van der Waals surface area contributed by atoms with Gasteiger partial charge in [-0.1, -0.05) is 23.8 Å². The van der Waals surface area contributed by atoms with Gasteiger partial charge in [0.2, 0.25) is 0 Å². The van der Waals surface area contributed by atoms with Crippen LogP contribution in [-0.4, -0.2) is 15.0 Å². The Labute approximate surface area is 113 Å². The molecule has 0 aliphatic heterocycles. The lowest BCUT2D eigenvalue weighted by atomic mass is 10.2. The average molecular weight is 278 g/mol. The first-order valence-corrected chi connectivity index (χ1v) is 7.39. The van der Waals surface area contributed by atoms with Crippen LogP contribution in [0.1, 0.15) is 5.56 Å². The summed E-state index contributed by atoms with van der Waals surface area (Å²) in [6.45, 7) is 2.51. The van der Waals surface area contributed by atoms with Crippen molar-refractivity contribution in [1.82, 2.24) is 0 Å². The van der Waals surface area contributed by atoms with Crippen molar-refractivity contribution in [2.24, 2.45) is 0 Å². The number of hydrogen-bond acceptors (Lipinski definition) is 3. The molecule has 1 aromatic heterocycles. The minimum absolute atomic E-state index is 0.116. The van der Waals surface area contributed by atoms with E-state index in [-0.39, 0.29) is 11.5 Å². The van der Waals surface area contributed by atoms with Crippen LogP contribution in [0.15, 0.2) is 59.8 Å². The van der Waals surface area contributed by atoms with E-state index in [9.17, 15) is 8.42 Å². The standard InChI is InChI=1S/C14H16NO3S/c1-13-5-7-14(8-6-13)19(16,17)18-12-11-15-9-3-2-4-10-15/h2-10H,11-12H2,1H3/q+1. The molecule has 0 unspecified atom stereocenters. The van der Waals surface area contributed by atoms with Gasteiger partial charge in [-0.05, 0) is 19.1 Å². The molecule has 0 saturated carbocycles. The molecule has 0 bridgehead atoms. The smallest absolute Gasteiger partial charge is 0.260 e. The van der Waals surface area contributed by atoms with Crippen molar-refractivity contribution >= 4 is 10.1 Å². The van der Waals surface area contributed by atoms with E-state index in [1.54, 1.807) is 24.3 Å². The number of nitrogens with zero attached hydrogens (tertiary/aromatic N) is 1. The van der Waals surface area contributed by atoms with Crippen LogP contribution in [-0.2, 0) is 20.8 Å². The molecule has 0 atom stereocenters. The van der Waals surface area contributed by atoms with E-state index in [1.165, 1.54) is 0 Å². The van der Waals surface area contributed by atoms with Crippen LogP contribution in [0.5, 0.6) is 0 Å². The number of hydrogen-bond donors (Lipinski definition) is 0. The summed E-state index contributed by atoms with van der Waals surface area (Å²) in [5, 5.41) is 0. The number of aryl methyl sites for hydroxylation is 1. The molecule has 0 spiro atoms. The first-order chi connectivity index (χ1) is 9.08. The Bertz CT molecular complexity index is 622. The van der Waals surface area contributed by atoms with Crippen molar-refractivity contribution in [3.63, 3.8) is 0 Å². The van der Waals surface area contributed by atoms with Gasteiger partial charge in [0.15, 0.2) is 18.9 Å². The number of benzene rings is 1. The first-order valence-electron chi connectivity index (χ1n) is 5.98. The van der Waals surface area contributed by atoms with Crippen molar-refractivity contribution < 1.29 is 17.2 Å². The average Bonchev–Trinajstić information content (AvgIpc) is 2.40. The Morgan fingerprint density at radius 1 is 1.05 bits per heavy atom. The Kier molecular flexibility index (Phi) is 4.29. The fourth-order valence-electron chi connectivity index (χ4n) is 1.61. The van der Waals surface area contributed by atoms with Gasteiger partial charge in [0.1, 0.15) is 6.61 Å². The molecule has 4 nitrogen and oxygen atoms in total. The van der Waals surface area contributed by atoms with Gasteiger partial charge >= 0.3 is 0 Å². The van der Waals surface area contributed by atoms with Gasteiger partial charge in [-0.15, -0.1) is 0 Å².